The van der Waals surface area contributed by atoms with Gasteiger partial charge in [0.1, 0.15) is 8.80 Å². The van der Waals surface area contributed by atoms with Crippen molar-refractivity contribution in [1.29, 1.82) is 0 Å². The molecule has 0 bridgehead atoms. The average molecular weight is 183 g/mol. The Labute approximate surface area is 80.5 Å². The second-order valence-electron chi connectivity index (χ2n) is 3.07. The van der Waals surface area contributed by atoms with Crippen LogP contribution in [-0.4, -0.2) is 8.80 Å². The summed E-state index contributed by atoms with van der Waals surface area (Å²) in [5, 5.41) is 2.83. The van der Waals surface area contributed by atoms with Crippen LogP contribution >= 0.6 is 0 Å². The molecule has 0 amide bonds. The molecule has 13 heavy (non-hydrogen) atoms. The molecule has 1 aliphatic carbocycles. The average Bonchev–Trinajstić information content (AvgIpc) is 2.71. The van der Waals surface area contributed by atoms with Gasteiger partial charge < -0.3 is 0 Å². The molecule has 0 unspecified atom stereocenters. The van der Waals surface area contributed by atoms with E-state index >= 15 is 0 Å². The highest BCUT2D eigenvalue weighted by atomic mass is 28.3. The van der Waals surface area contributed by atoms with E-state index in [1.807, 2.05) is 6.08 Å². The van der Waals surface area contributed by atoms with Crippen molar-refractivity contribution in [1.82, 2.24) is 0 Å². The maximum Gasteiger partial charge on any atom is 0.128 e. The number of hydrogen-bond acceptors (Lipinski definition) is 0. The Morgan fingerprint density at radius 1 is 1.15 bits per heavy atom. The lowest BCUT2D eigenvalue weighted by Gasteiger charge is -2.07. The van der Waals surface area contributed by atoms with Crippen LogP contribution in [-0.2, 0) is 0 Å². The molecular formula is C12H11Si. The van der Waals surface area contributed by atoms with E-state index in [1.54, 1.807) is 0 Å². The molecule has 0 saturated carbocycles. The van der Waals surface area contributed by atoms with Crippen molar-refractivity contribution < 1.29 is 0 Å². The highest BCUT2D eigenvalue weighted by Crippen LogP contribution is 2.06. The molecule has 0 atom stereocenters. The summed E-state index contributed by atoms with van der Waals surface area (Å²) < 4.78 is 0. The normalized spacial score (nSPS) is 13.8. The second kappa shape index (κ2) is 3.61. The minimum atomic E-state index is -0.557. The molecule has 0 N–H and O–H groups in total. The molecule has 1 radical (unpaired) electrons. The molecule has 0 aromatic heterocycles. The first kappa shape index (κ1) is 8.30. The predicted molar refractivity (Wildman–Crippen MR) is 58.4 cm³/mol. The van der Waals surface area contributed by atoms with E-state index in [4.69, 9.17) is 0 Å². The van der Waals surface area contributed by atoms with Crippen LogP contribution in [0.2, 0.25) is 6.55 Å². The molecule has 0 aliphatic heterocycles. The van der Waals surface area contributed by atoms with Gasteiger partial charge in [-0.15, -0.1) is 5.73 Å². The number of hydrogen-bond donors (Lipinski definition) is 0. The third kappa shape index (κ3) is 1.72. The highest BCUT2D eigenvalue weighted by Gasteiger charge is 2.11. The van der Waals surface area contributed by atoms with Gasteiger partial charge in [-0.2, -0.15) is 0 Å². The van der Waals surface area contributed by atoms with Gasteiger partial charge in [0, 0.05) is 0 Å². The quantitative estimate of drug-likeness (QED) is 0.487. The topological polar surface area (TPSA) is 0 Å². The van der Waals surface area contributed by atoms with Crippen molar-refractivity contribution in [3.05, 3.63) is 59.5 Å². The van der Waals surface area contributed by atoms with Crippen LogP contribution in [0.1, 0.15) is 0 Å². The summed E-state index contributed by atoms with van der Waals surface area (Å²) >= 11 is 0. The van der Waals surface area contributed by atoms with Gasteiger partial charge in [-0.25, -0.2) is 0 Å². The highest BCUT2D eigenvalue weighted by molar-refractivity contribution is 6.79. The van der Waals surface area contributed by atoms with Gasteiger partial charge in [-0.3, -0.25) is 0 Å². The Kier molecular flexibility index (Phi) is 2.30. The number of benzene rings is 1. The van der Waals surface area contributed by atoms with Gasteiger partial charge in [0.05, 0.1) is 0 Å². The van der Waals surface area contributed by atoms with E-state index in [9.17, 15) is 0 Å². The van der Waals surface area contributed by atoms with E-state index in [-0.39, 0.29) is 0 Å². The molecular weight excluding hydrogens is 172 g/mol. The van der Waals surface area contributed by atoms with Crippen molar-refractivity contribution >= 4 is 14.0 Å². The van der Waals surface area contributed by atoms with Crippen LogP contribution in [0.5, 0.6) is 0 Å². The Morgan fingerprint density at radius 3 is 2.54 bits per heavy atom. The van der Waals surface area contributed by atoms with Crippen molar-refractivity contribution in [3.63, 3.8) is 0 Å². The van der Waals surface area contributed by atoms with Gasteiger partial charge in [0.2, 0.25) is 0 Å². The summed E-state index contributed by atoms with van der Waals surface area (Å²) in [4.78, 5) is 0. The molecule has 0 saturated heterocycles. The molecule has 0 heterocycles. The van der Waals surface area contributed by atoms with E-state index < -0.39 is 8.80 Å². The minimum absolute atomic E-state index is 0.557. The summed E-state index contributed by atoms with van der Waals surface area (Å²) in [6.45, 7) is 2.31. The summed E-state index contributed by atoms with van der Waals surface area (Å²) in [7, 11) is -0.557. The molecule has 0 spiro atoms. The molecule has 1 aromatic rings. The van der Waals surface area contributed by atoms with Gasteiger partial charge in [0.25, 0.3) is 0 Å². The molecule has 1 heteroatoms. The number of rotatable bonds is 2. The monoisotopic (exact) mass is 183 g/mol. The Hall–Kier alpha value is -1.30. The van der Waals surface area contributed by atoms with Gasteiger partial charge in [-0.1, -0.05) is 54.2 Å². The Balaban J connectivity index is 2.28. The van der Waals surface area contributed by atoms with Crippen LogP contribution in [0.4, 0.5) is 0 Å². The SMILES string of the molecule is C[Si](C1=C=CC=C1)c1ccccc1. The lowest BCUT2D eigenvalue weighted by Crippen LogP contribution is -2.27. The van der Waals surface area contributed by atoms with Gasteiger partial charge in [0.15, 0.2) is 0 Å². The van der Waals surface area contributed by atoms with Crippen LogP contribution in [0.3, 0.4) is 0 Å². The van der Waals surface area contributed by atoms with Crippen LogP contribution in [0.25, 0.3) is 0 Å². The summed E-state index contributed by atoms with van der Waals surface area (Å²) in [5.41, 5.74) is 3.28. The number of allylic oxidation sites excluding steroid dienone is 3. The standard InChI is InChI=1S/C12H11Si/c1-13(12-9-5-6-10-12)11-7-3-2-4-8-11/h2-9H,1H3. The molecule has 0 nitrogen and oxygen atoms in total. The van der Waals surface area contributed by atoms with Crippen molar-refractivity contribution in [3.8, 4) is 0 Å². The minimum Gasteiger partial charge on any atom is -0.122 e. The van der Waals surface area contributed by atoms with Crippen LogP contribution in [0, 0.1) is 0 Å². The summed E-state index contributed by atoms with van der Waals surface area (Å²) in [5.74, 6) is 0. The fourth-order valence-electron chi connectivity index (χ4n) is 1.41. The van der Waals surface area contributed by atoms with Crippen molar-refractivity contribution in [2.75, 3.05) is 0 Å². The fraction of sp³-hybridized carbons (Fsp3) is 0.0833. The Morgan fingerprint density at radius 2 is 1.92 bits per heavy atom. The van der Waals surface area contributed by atoms with Gasteiger partial charge >= 0.3 is 0 Å². The van der Waals surface area contributed by atoms with Crippen LogP contribution < -0.4 is 5.19 Å². The molecule has 63 valence electrons. The zero-order valence-electron chi connectivity index (χ0n) is 7.62. The third-order valence-corrected chi connectivity index (χ3v) is 4.53. The smallest absolute Gasteiger partial charge is 0.122 e. The fourth-order valence-corrected chi connectivity index (χ4v) is 3.06. The van der Waals surface area contributed by atoms with Crippen molar-refractivity contribution in [2.24, 2.45) is 0 Å². The molecule has 0 fully saturated rings. The maximum atomic E-state index is 3.28. The van der Waals surface area contributed by atoms with Crippen molar-refractivity contribution in [2.45, 2.75) is 6.55 Å². The Bertz CT molecular complexity index is 381. The van der Waals surface area contributed by atoms with E-state index in [2.05, 4.69) is 54.8 Å². The summed E-state index contributed by atoms with van der Waals surface area (Å²) in [6.07, 6.45) is 6.22. The first-order valence-electron chi connectivity index (χ1n) is 4.40. The molecule has 2 rings (SSSR count). The second-order valence-corrected chi connectivity index (χ2v) is 5.44. The maximum absolute atomic E-state index is 3.28. The summed E-state index contributed by atoms with van der Waals surface area (Å²) in [6, 6.07) is 10.7. The van der Waals surface area contributed by atoms with Gasteiger partial charge in [-0.05, 0) is 11.3 Å². The zero-order valence-corrected chi connectivity index (χ0v) is 8.62. The predicted octanol–water partition coefficient (Wildman–Crippen LogP) is 2.21. The lowest BCUT2D eigenvalue weighted by atomic mass is 10.4. The molecule has 1 aliphatic rings. The lowest BCUT2D eigenvalue weighted by molar-refractivity contribution is 1.74. The first-order valence-corrected chi connectivity index (χ1v) is 6.40. The third-order valence-electron chi connectivity index (χ3n) is 2.21. The zero-order chi connectivity index (χ0) is 9.10. The van der Waals surface area contributed by atoms with Crippen LogP contribution in [0.15, 0.2) is 59.5 Å². The molecule has 1 aromatic carbocycles. The largest absolute Gasteiger partial charge is 0.128 e. The van der Waals surface area contributed by atoms with E-state index in [0.717, 1.165) is 0 Å². The van der Waals surface area contributed by atoms with E-state index in [0.29, 0.717) is 0 Å². The first-order chi connectivity index (χ1) is 6.38. The van der Waals surface area contributed by atoms with E-state index in [1.165, 1.54) is 10.4 Å².